The predicted molar refractivity (Wildman–Crippen MR) is 123 cm³/mol. The number of hydrogen-bond acceptors (Lipinski definition) is 5. The van der Waals surface area contributed by atoms with E-state index in [1.807, 2.05) is 25.7 Å². The van der Waals surface area contributed by atoms with E-state index >= 15 is 0 Å². The molecular weight excluding hydrogens is 420 g/mol. The number of rotatable bonds is 1. The van der Waals surface area contributed by atoms with Crippen LogP contribution in [-0.2, 0) is 16.0 Å². The molecule has 4 aliphatic heterocycles. The van der Waals surface area contributed by atoms with Crippen LogP contribution < -0.4 is 0 Å². The van der Waals surface area contributed by atoms with Crippen molar-refractivity contribution < 1.29 is 23.8 Å². The fourth-order valence-corrected chi connectivity index (χ4v) is 6.52. The topological polar surface area (TPSA) is 83.2 Å². The number of piperidine rings is 1. The van der Waals surface area contributed by atoms with Gasteiger partial charge >= 0.3 is 6.09 Å². The van der Waals surface area contributed by atoms with Gasteiger partial charge in [0.25, 0.3) is 0 Å². The Balaban J connectivity index is 1.60. The number of aliphatic hydroxyl groups is 1. The summed E-state index contributed by atoms with van der Waals surface area (Å²) in [5.74, 6) is 1.88. The first-order valence-electron chi connectivity index (χ1n) is 12.4. The molecule has 1 aliphatic carbocycles. The Hall–Kier alpha value is -2.28. The van der Waals surface area contributed by atoms with Crippen LogP contribution >= 0.6 is 0 Å². The molecule has 5 heterocycles. The molecule has 0 radical (unpaired) electrons. The fraction of sp³-hybridized carbons (Fsp3) is 0.692. The fourth-order valence-electron chi connectivity index (χ4n) is 6.52. The van der Waals surface area contributed by atoms with Crippen LogP contribution in [0.3, 0.4) is 0 Å². The first kappa shape index (κ1) is 22.5. The number of aliphatic hydroxyl groups excluding tert-OH is 1. The number of carbonyl (C=O) groups excluding carboxylic acids is 2. The van der Waals surface area contributed by atoms with E-state index in [1.54, 1.807) is 4.90 Å². The summed E-state index contributed by atoms with van der Waals surface area (Å²) in [5.41, 5.74) is 0.0911. The van der Waals surface area contributed by atoms with E-state index in [0.717, 1.165) is 55.7 Å². The summed E-state index contributed by atoms with van der Waals surface area (Å²) in [4.78, 5) is 30.3. The first-order valence-corrected chi connectivity index (χ1v) is 12.4. The normalized spacial score (nSPS) is 32.6. The van der Waals surface area contributed by atoms with Gasteiger partial charge in [-0.1, -0.05) is 12.2 Å². The highest BCUT2D eigenvalue weighted by atomic mass is 16.6. The lowest BCUT2D eigenvalue weighted by Gasteiger charge is -2.45. The molecule has 1 aromatic heterocycles. The summed E-state index contributed by atoms with van der Waals surface area (Å²) in [5, 5.41) is 10.3. The number of ether oxygens (including phenoxy) is 1. The molecular formula is C26H36N2O5. The number of fused-ring (bicyclic) bond motifs is 7. The van der Waals surface area contributed by atoms with Gasteiger partial charge in [-0.15, -0.1) is 0 Å². The van der Waals surface area contributed by atoms with E-state index in [0.29, 0.717) is 19.4 Å². The first-order chi connectivity index (χ1) is 15.7. The molecule has 2 amide bonds. The third-order valence-corrected chi connectivity index (χ3v) is 7.80. The van der Waals surface area contributed by atoms with Gasteiger partial charge in [0.15, 0.2) is 0 Å². The molecule has 0 saturated carbocycles. The average molecular weight is 457 g/mol. The van der Waals surface area contributed by atoms with Gasteiger partial charge in [0.05, 0.1) is 12.6 Å². The molecule has 2 fully saturated rings. The molecule has 4 atom stereocenters. The van der Waals surface area contributed by atoms with Crippen LogP contribution in [0, 0.1) is 5.41 Å². The van der Waals surface area contributed by atoms with Crippen LogP contribution in [0.25, 0.3) is 0 Å². The maximum absolute atomic E-state index is 13.4. The molecule has 7 nitrogen and oxygen atoms in total. The Bertz CT molecular complexity index is 960. The Morgan fingerprint density at radius 2 is 2.06 bits per heavy atom. The SMILES string of the molecule is CC(C)(C)OC(=O)N1[C@@H](CO)C[C@@]23CN4CCCC/C=C\CCc5cc(c(o5)[C@H]12)[C@@H]3CC4=O. The van der Waals surface area contributed by atoms with Gasteiger partial charge in [-0.2, -0.15) is 0 Å². The van der Waals surface area contributed by atoms with E-state index in [-0.39, 0.29) is 35.9 Å². The zero-order chi connectivity index (χ0) is 23.4. The summed E-state index contributed by atoms with van der Waals surface area (Å²) < 4.78 is 12.2. The number of likely N-dealkylation sites (tertiary alicyclic amines) is 1. The lowest BCUT2D eigenvalue weighted by molar-refractivity contribution is -0.139. The number of nitrogens with zero attached hydrogens (tertiary/aromatic N) is 2. The molecule has 6 rings (SSSR count). The third-order valence-electron chi connectivity index (χ3n) is 7.80. The Morgan fingerprint density at radius 3 is 2.82 bits per heavy atom. The zero-order valence-corrected chi connectivity index (χ0v) is 20.0. The standard InChI is InChI=1S/C26H36N2O5/c1-25(2,3)33-24(31)28-17(15-29)14-26-16-27-11-9-7-5-4-6-8-10-18-12-19(20(26)13-21(27)30)22(32-18)23(26)28/h4,6,12,17,20,23,29H,5,7-11,13-16H2,1-3H3/b6-4-/t17-,20+,23+,26+/m1/s1. The second kappa shape index (κ2) is 8.19. The molecule has 180 valence electrons. The number of carbonyl (C=O) groups is 2. The molecule has 6 bridgehead atoms. The van der Waals surface area contributed by atoms with E-state index in [2.05, 4.69) is 18.2 Å². The Morgan fingerprint density at radius 1 is 1.27 bits per heavy atom. The van der Waals surface area contributed by atoms with Crippen molar-refractivity contribution in [2.24, 2.45) is 5.41 Å². The van der Waals surface area contributed by atoms with Crippen molar-refractivity contribution in [2.45, 2.75) is 89.3 Å². The zero-order valence-electron chi connectivity index (χ0n) is 20.0. The van der Waals surface area contributed by atoms with Crippen molar-refractivity contribution in [3.8, 4) is 0 Å². The number of furan rings is 1. The minimum atomic E-state index is -0.641. The van der Waals surface area contributed by atoms with E-state index in [1.165, 1.54) is 0 Å². The van der Waals surface area contributed by atoms with Crippen molar-refractivity contribution in [2.75, 3.05) is 19.7 Å². The smallest absolute Gasteiger partial charge is 0.411 e. The summed E-state index contributed by atoms with van der Waals surface area (Å²) in [7, 11) is 0. The number of amides is 2. The monoisotopic (exact) mass is 456 g/mol. The molecule has 0 unspecified atom stereocenters. The van der Waals surface area contributed by atoms with Crippen LogP contribution in [0.5, 0.6) is 0 Å². The highest BCUT2D eigenvalue weighted by molar-refractivity contribution is 5.80. The van der Waals surface area contributed by atoms with Gasteiger partial charge < -0.3 is 19.2 Å². The van der Waals surface area contributed by atoms with Crippen molar-refractivity contribution in [1.29, 1.82) is 0 Å². The van der Waals surface area contributed by atoms with Crippen LogP contribution in [0.4, 0.5) is 4.79 Å². The summed E-state index contributed by atoms with van der Waals surface area (Å²) in [6.45, 7) is 6.76. The minimum Gasteiger partial charge on any atom is -0.464 e. The Kier molecular flexibility index (Phi) is 5.58. The summed E-state index contributed by atoms with van der Waals surface area (Å²) >= 11 is 0. The second-order valence-electron chi connectivity index (χ2n) is 11.2. The minimum absolute atomic E-state index is 0.000840. The second-order valence-corrected chi connectivity index (χ2v) is 11.2. The summed E-state index contributed by atoms with van der Waals surface area (Å²) in [6.07, 6.45) is 9.84. The van der Waals surface area contributed by atoms with Crippen molar-refractivity contribution in [3.05, 3.63) is 35.3 Å². The van der Waals surface area contributed by atoms with E-state index in [4.69, 9.17) is 9.15 Å². The van der Waals surface area contributed by atoms with Crippen molar-refractivity contribution >= 4 is 12.0 Å². The summed E-state index contributed by atoms with van der Waals surface area (Å²) in [6, 6.07) is 1.44. The number of aryl methyl sites for hydroxylation is 1. The molecule has 33 heavy (non-hydrogen) atoms. The highest BCUT2D eigenvalue weighted by Gasteiger charge is 2.67. The van der Waals surface area contributed by atoms with Crippen molar-refractivity contribution in [1.82, 2.24) is 9.80 Å². The molecule has 5 aliphatic rings. The van der Waals surface area contributed by atoms with E-state index < -0.39 is 11.7 Å². The lowest BCUT2D eigenvalue weighted by Crippen LogP contribution is -2.51. The van der Waals surface area contributed by atoms with Crippen LogP contribution in [0.1, 0.15) is 88.3 Å². The lowest BCUT2D eigenvalue weighted by atomic mass is 9.68. The van der Waals surface area contributed by atoms with Gasteiger partial charge in [0.1, 0.15) is 23.2 Å². The molecule has 2 saturated heterocycles. The largest absolute Gasteiger partial charge is 0.464 e. The van der Waals surface area contributed by atoms with Crippen molar-refractivity contribution in [3.63, 3.8) is 0 Å². The van der Waals surface area contributed by atoms with Gasteiger partial charge in [0, 0.05) is 42.8 Å². The van der Waals surface area contributed by atoms with E-state index in [9.17, 15) is 14.7 Å². The maximum atomic E-state index is 13.4. The Labute approximate surface area is 195 Å². The van der Waals surface area contributed by atoms with Gasteiger partial charge in [0.2, 0.25) is 5.91 Å². The van der Waals surface area contributed by atoms with Gasteiger partial charge in [-0.3, -0.25) is 9.69 Å². The number of allylic oxidation sites excluding steroid dienone is 2. The molecule has 1 N–H and O–H groups in total. The van der Waals surface area contributed by atoms with Gasteiger partial charge in [-0.05, 0) is 58.9 Å². The predicted octanol–water partition coefficient (Wildman–Crippen LogP) is 4.31. The van der Waals surface area contributed by atoms with Gasteiger partial charge in [-0.25, -0.2) is 4.79 Å². The third kappa shape index (κ3) is 3.78. The molecule has 1 aromatic rings. The van der Waals surface area contributed by atoms with Crippen LogP contribution in [0.15, 0.2) is 22.6 Å². The van der Waals surface area contributed by atoms with Crippen LogP contribution in [0.2, 0.25) is 0 Å². The highest BCUT2D eigenvalue weighted by Crippen LogP contribution is 2.67. The quantitative estimate of drug-likeness (QED) is 0.637. The molecule has 0 aromatic carbocycles. The average Bonchev–Trinajstić information content (AvgIpc) is 3.34. The number of hydrogen-bond donors (Lipinski definition) is 1. The molecule has 1 spiro atoms. The van der Waals surface area contributed by atoms with Crippen LogP contribution in [-0.4, -0.2) is 58.2 Å². The maximum Gasteiger partial charge on any atom is 0.411 e. The molecule has 7 heteroatoms.